The van der Waals surface area contributed by atoms with Gasteiger partial charge in [0.15, 0.2) is 0 Å². The van der Waals surface area contributed by atoms with Crippen molar-refractivity contribution in [3.05, 3.63) is 53.6 Å². The lowest BCUT2D eigenvalue weighted by molar-refractivity contribution is 0.344. The van der Waals surface area contributed by atoms with Gasteiger partial charge in [-0.2, -0.15) is 0 Å². The summed E-state index contributed by atoms with van der Waals surface area (Å²) in [5, 5.41) is 0.842. The van der Waals surface area contributed by atoms with Crippen molar-refractivity contribution in [2.75, 3.05) is 11.9 Å². The predicted molar refractivity (Wildman–Crippen MR) is 80.6 cm³/mol. The van der Waals surface area contributed by atoms with Crippen LogP contribution in [0.3, 0.4) is 0 Å². The van der Waals surface area contributed by atoms with Crippen LogP contribution in [0.1, 0.15) is 11.1 Å². The zero-order valence-electron chi connectivity index (χ0n) is 10.7. The van der Waals surface area contributed by atoms with Crippen molar-refractivity contribution in [2.24, 2.45) is 0 Å². The van der Waals surface area contributed by atoms with Gasteiger partial charge in [-0.05, 0) is 30.5 Å². The molecule has 18 heavy (non-hydrogen) atoms. The highest BCUT2D eigenvalue weighted by Gasteiger charge is 2.10. The van der Waals surface area contributed by atoms with E-state index >= 15 is 0 Å². The van der Waals surface area contributed by atoms with E-state index in [4.69, 9.17) is 4.74 Å². The highest BCUT2D eigenvalue weighted by Crippen LogP contribution is 2.34. The van der Waals surface area contributed by atoms with Crippen molar-refractivity contribution in [1.82, 2.24) is 0 Å². The molecule has 0 heterocycles. The summed E-state index contributed by atoms with van der Waals surface area (Å²) in [6.07, 6.45) is 0. The molecule has 0 aromatic heterocycles. The Morgan fingerprint density at radius 2 is 1.56 bits per heavy atom. The lowest BCUT2D eigenvalue weighted by Crippen LogP contribution is -2.01. The Hall–Kier alpha value is -1.28. The molecule has 94 valence electrons. The van der Waals surface area contributed by atoms with Crippen molar-refractivity contribution in [3.63, 3.8) is 0 Å². The number of halogens is 1. The van der Waals surface area contributed by atoms with Crippen LogP contribution in [0.25, 0.3) is 11.1 Å². The van der Waals surface area contributed by atoms with Gasteiger partial charge in [0.05, 0.1) is 6.61 Å². The Labute approximate surface area is 117 Å². The van der Waals surface area contributed by atoms with Gasteiger partial charge in [-0.3, -0.25) is 0 Å². The van der Waals surface area contributed by atoms with Crippen LogP contribution in [0.2, 0.25) is 0 Å². The van der Waals surface area contributed by atoms with E-state index in [0.717, 1.165) is 11.1 Å². The minimum Gasteiger partial charge on any atom is -0.492 e. The first-order chi connectivity index (χ1) is 8.74. The topological polar surface area (TPSA) is 9.23 Å². The maximum Gasteiger partial charge on any atom is 0.130 e. The minimum absolute atomic E-state index is 0.684. The van der Waals surface area contributed by atoms with Gasteiger partial charge < -0.3 is 4.74 Å². The van der Waals surface area contributed by atoms with Crippen LogP contribution in [0.5, 0.6) is 5.75 Å². The minimum atomic E-state index is 0.684. The fourth-order valence-corrected chi connectivity index (χ4v) is 2.23. The molecule has 2 aromatic rings. The number of alkyl halides is 1. The summed E-state index contributed by atoms with van der Waals surface area (Å²) in [4.78, 5) is 0. The molecular weight excluding hydrogens is 288 g/mol. The molecule has 0 N–H and O–H groups in total. The molecule has 1 nitrogen and oxygen atoms in total. The summed E-state index contributed by atoms with van der Waals surface area (Å²) >= 11 is 3.40. The number of rotatable bonds is 4. The van der Waals surface area contributed by atoms with E-state index in [0.29, 0.717) is 6.61 Å². The van der Waals surface area contributed by atoms with Crippen LogP contribution in [-0.4, -0.2) is 11.9 Å². The summed E-state index contributed by atoms with van der Waals surface area (Å²) in [7, 11) is 0. The molecule has 0 unspecified atom stereocenters. The van der Waals surface area contributed by atoms with E-state index in [-0.39, 0.29) is 0 Å². The molecule has 2 rings (SSSR count). The van der Waals surface area contributed by atoms with Gasteiger partial charge in [0, 0.05) is 10.9 Å². The number of para-hydroxylation sites is 1. The van der Waals surface area contributed by atoms with Crippen molar-refractivity contribution in [3.8, 4) is 16.9 Å². The SMILES string of the molecule is Cc1ccccc1-c1cccc(C)c1OCCBr. The monoisotopic (exact) mass is 304 g/mol. The average molecular weight is 305 g/mol. The third-order valence-electron chi connectivity index (χ3n) is 2.97. The third kappa shape index (κ3) is 2.75. The average Bonchev–Trinajstić information content (AvgIpc) is 2.38. The summed E-state index contributed by atoms with van der Waals surface area (Å²) in [5.41, 5.74) is 4.86. The van der Waals surface area contributed by atoms with E-state index in [1.807, 2.05) is 0 Å². The molecule has 0 fully saturated rings. The van der Waals surface area contributed by atoms with Gasteiger partial charge in [0.1, 0.15) is 5.75 Å². The lowest BCUT2D eigenvalue weighted by atomic mass is 9.98. The smallest absolute Gasteiger partial charge is 0.130 e. The largest absolute Gasteiger partial charge is 0.492 e. The van der Waals surface area contributed by atoms with E-state index in [1.54, 1.807) is 0 Å². The first-order valence-electron chi connectivity index (χ1n) is 6.08. The Bertz CT molecular complexity index is 534. The van der Waals surface area contributed by atoms with Gasteiger partial charge in [-0.1, -0.05) is 58.4 Å². The standard InChI is InChI=1S/C16H17BrO/c1-12-6-3-4-8-14(12)15-9-5-7-13(2)16(15)18-11-10-17/h3-9H,10-11H2,1-2H3. The molecule has 0 aliphatic carbocycles. The van der Waals surface area contributed by atoms with Crippen LogP contribution < -0.4 is 4.74 Å². The Morgan fingerprint density at radius 1 is 0.889 bits per heavy atom. The molecule has 2 heteroatoms. The van der Waals surface area contributed by atoms with Crippen molar-refractivity contribution >= 4 is 15.9 Å². The first-order valence-corrected chi connectivity index (χ1v) is 7.20. The molecule has 0 saturated carbocycles. The van der Waals surface area contributed by atoms with E-state index in [1.165, 1.54) is 22.3 Å². The number of hydrogen-bond acceptors (Lipinski definition) is 1. The first kappa shape index (κ1) is 13.2. The molecule has 0 radical (unpaired) electrons. The number of benzene rings is 2. The van der Waals surface area contributed by atoms with Gasteiger partial charge >= 0.3 is 0 Å². The van der Waals surface area contributed by atoms with E-state index in [9.17, 15) is 0 Å². The second-order valence-electron chi connectivity index (χ2n) is 4.30. The van der Waals surface area contributed by atoms with Crippen LogP contribution in [0.4, 0.5) is 0 Å². The quantitative estimate of drug-likeness (QED) is 0.741. The Kier molecular flexibility index (Phi) is 4.43. The van der Waals surface area contributed by atoms with Crippen LogP contribution in [0.15, 0.2) is 42.5 Å². The normalized spacial score (nSPS) is 10.4. The molecule has 0 aliphatic heterocycles. The lowest BCUT2D eigenvalue weighted by Gasteiger charge is -2.15. The zero-order valence-corrected chi connectivity index (χ0v) is 12.3. The van der Waals surface area contributed by atoms with Crippen molar-refractivity contribution in [1.29, 1.82) is 0 Å². The Morgan fingerprint density at radius 3 is 2.28 bits per heavy atom. The number of hydrogen-bond donors (Lipinski definition) is 0. The summed E-state index contributed by atoms with van der Waals surface area (Å²) in [5.74, 6) is 0.992. The molecule has 0 amide bonds. The molecule has 0 spiro atoms. The summed E-state index contributed by atoms with van der Waals surface area (Å²) < 4.78 is 5.88. The zero-order chi connectivity index (χ0) is 13.0. The van der Waals surface area contributed by atoms with Gasteiger partial charge in [-0.25, -0.2) is 0 Å². The van der Waals surface area contributed by atoms with Crippen LogP contribution in [-0.2, 0) is 0 Å². The van der Waals surface area contributed by atoms with Gasteiger partial charge in [0.2, 0.25) is 0 Å². The molecule has 0 atom stereocenters. The molecule has 2 aromatic carbocycles. The van der Waals surface area contributed by atoms with Gasteiger partial charge in [-0.15, -0.1) is 0 Å². The summed E-state index contributed by atoms with van der Waals surface area (Å²) in [6.45, 7) is 4.90. The van der Waals surface area contributed by atoms with E-state index < -0.39 is 0 Å². The van der Waals surface area contributed by atoms with Crippen LogP contribution >= 0.6 is 15.9 Å². The fraction of sp³-hybridized carbons (Fsp3) is 0.250. The van der Waals surface area contributed by atoms with Crippen LogP contribution in [0, 0.1) is 13.8 Å². The number of ether oxygens (including phenoxy) is 1. The second kappa shape index (κ2) is 6.05. The Balaban J connectivity index is 2.50. The fourth-order valence-electron chi connectivity index (χ4n) is 2.07. The molecular formula is C16H17BrO. The van der Waals surface area contributed by atoms with Gasteiger partial charge in [0.25, 0.3) is 0 Å². The van der Waals surface area contributed by atoms with Crippen molar-refractivity contribution in [2.45, 2.75) is 13.8 Å². The number of aryl methyl sites for hydroxylation is 2. The predicted octanol–water partition coefficient (Wildman–Crippen LogP) is 4.74. The summed E-state index contributed by atoms with van der Waals surface area (Å²) in [6, 6.07) is 14.7. The molecule has 0 bridgehead atoms. The highest BCUT2D eigenvalue weighted by atomic mass is 79.9. The molecule has 0 aliphatic rings. The highest BCUT2D eigenvalue weighted by molar-refractivity contribution is 9.09. The third-order valence-corrected chi connectivity index (χ3v) is 3.29. The molecule has 0 saturated heterocycles. The maximum absolute atomic E-state index is 5.88. The van der Waals surface area contributed by atoms with Crippen molar-refractivity contribution < 1.29 is 4.74 Å². The maximum atomic E-state index is 5.88. The van der Waals surface area contributed by atoms with E-state index in [2.05, 4.69) is 72.2 Å². The second-order valence-corrected chi connectivity index (χ2v) is 5.10.